The minimum absolute atomic E-state index is 0.167. The molecule has 0 amide bonds. The molecule has 2 heteroatoms. The van der Waals surface area contributed by atoms with E-state index in [1.807, 2.05) is 12.1 Å². The topological polar surface area (TPSA) is 3.24 Å². The molecule has 0 radical (unpaired) electrons. The minimum atomic E-state index is -0.167. The van der Waals surface area contributed by atoms with Crippen molar-refractivity contribution in [2.24, 2.45) is 0 Å². The van der Waals surface area contributed by atoms with Crippen molar-refractivity contribution in [1.82, 2.24) is 4.90 Å². The normalized spacial score (nSPS) is 12.6. The first-order valence-electron chi connectivity index (χ1n) is 8.09. The SMILES string of the molecule is CCCCC(c1ccc(F)cc1)c1cccc(CN(C)C)c1. The molecule has 0 fully saturated rings. The molecule has 0 aliphatic heterocycles. The van der Waals surface area contributed by atoms with Crippen molar-refractivity contribution >= 4 is 0 Å². The summed E-state index contributed by atoms with van der Waals surface area (Å²) in [5.41, 5.74) is 3.86. The Hall–Kier alpha value is -1.67. The van der Waals surface area contributed by atoms with E-state index in [-0.39, 0.29) is 5.82 Å². The predicted octanol–water partition coefficient (Wildman–Crippen LogP) is 5.21. The lowest BCUT2D eigenvalue weighted by Crippen LogP contribution is -2.11. The predicted molar refractivity (Wildman–Crippen MR) is 91.6 cm³/mol. The lowest BCUT2D eigenvalue weighted by molar-refractivity contribution is 0.402. The fourth-order valence-corrected chi connectivity index (χ4v) is 2.90. The summed E-state index contributed by atoms with van der Waals surface area (Å²) in [6.45, 7) is 3.15. The Labute approximate surface area is 133 Å². The summed E-state index contributed by atoms with van der Waals surface area (Å²) in [6, 6.07) is 15.8. The molecule has 1 unspecified atom stereocenters. The lowest BCUT2D eigenvalue weighted by atomic mass is 9.86. The highest BCUT2D eigenvalue weighted by Gasteiger charge is 2.14. The van der Waals surface area contributed by atoms with E-state index in [1.165, 1.54) is 29.5 Å². The number of nitrogens with zero attached hydrogens (tertiary/aromatic N) is 1. The van der Waals surface area contributed by atoms with Crippen LogP contribution in [-0.2, 0) is 6.54 Å². The molecule has 0 aliphatic rings. The van der Waals surface area contributed by atoms with Crippen LogP contribution in [0.25, 0.3) is 0 Å². The summed E-state index contributed by atoms with van der Waals surface area (Å²) in [6.07, 6.45) is 3.46. The molecule has 0 aliphatic carbocycles. The molecule has 0 spiro atoms. The third-order valence-electron chi connectivity index (χ3n) is 3.97. The second-order valence-electron chi connectivity index (χ2n) is 6.23. The number of rotatable bonds is 7. The minimum Gasteiger partial charge on any atom is -0.305 e. The molecule has 0 bridgehead atoms. The molecular weight excluding hydrogens is 273 g/mol. The first-order valence-corrected chi connectivity index (χ1v) is 8.09. The van der Waals surface area contributed by atoms with E-state index in [0.29, 0.717) is 5.92 Å². The Kier molecular flexibility index (Phi) is 6.14. The third kappa shape index (κ3) is 4.67. The van der Waals surface area contributed by atoms with Crippen LogP contribution < -0.4 is 0 Å². The Morgan fingerprint density at radius 3 is 2.36 bits per heavy atom. The van der Waals surface area contributed by atoms with Crippen LogP contribution in [0.5, 0.6) is 0 Å². The van der Waals surface area contributed by atoms with E-state index in [0.717, 1.165) is 13.0 Å². The molecule has 118 valence electrons. The van der Waals surface area contributed by atoms with Gasteiger partial charge in [0.05, 0.1) is 0 Å². The summed E-state index contributed by atoms with van der Waals surface area (Å²) in [7, 11) is 4.17. The van der Waals surface area contributed by atoms with Gasteiger partial charge >= 0.3 is 0 Å². The van der Waals surface area contributed by atoms with Gasteiger partial charge in [0, 0.05) is 12.5 Å². The average molecular weight is 299 g/mol. The first-order chi connectivity index (χ1) is 10.6. The first kappa shape index (κ1) is 16.7. The van der Waals surface area contributed by atoms with Crippen LogP contribution in [0.4, 0.5) is 4.39 Å². The van der Waals surface area contributed by atoms with Crippen molar-refractivity contribution in [2.45, 2.75) is 38.6 Å². The fraction of sp³-hybridized carbons (Fsp3) is 0.400. The number of hydrogen-bond acceptors (Lipinski definition) is 1. The van der Waals surface area contributed by atoms with Gasteiger partial charge in [0.15, 0.2) is 0 Å². The van der Waals surface area contributed by atoms with Gasteiger partial charge in [-0.3, -0.25) is 0 Å². The number of unbranched alkanes of at least 4 members (excludes halogenated alkanes) is 1. The van der Waals surface area contributed by atoms with Gasteiger partial charge in [-0.1, -0.05) is 56.2 Å². The summed E-state index contributed by atoms with van der Waals surface area (Å²) >= 11 is 0. The summed E-state index contributed by atoms with van der Waals surface area (Å²) in [4.78, 5) is 2.18. The molecule has 22 heavy (non-hydrogen) atoms. The van der Waals surface area contributed by atoms with Gasteiger partial charge in [-0.2, -0.15) is 0 Å². The molecule has 0 saturated carbocycles. The van der Waals surface area contributed by atoms with E-state index in [9.17, 15) is 4.39 Å². The number of benzene rings is 2. The van der Waals surface area contributed by atoms with E-state index in [1.54, 1.807) is 12.1 Å². The molecule has 0 N–H and O–H groups in total. The van der Waals surface area contributed by atoms with Crippen LogP contribution in [0.1, 0.15) is 48.8 Å². The summed E-state index contributed by atoms with van der Waals surface area (Å²) in [5, 5.41) is 0. The third-order valence-corrected chi connectivity index (χ3v) is 3.97. The molecule has 0 heterocycles. The average Bonchev–Trinajstić information content (AvgIpc) is 2.49. The van der Waals surface area contributed by atoms with Crippen molar-refractivity contribution in [3.8, 4) is 0 Å². The molecule has 2 rings (SSSR count). The van der Waals surface area contributed by atoms with Crippen molar-refractivity contribution in [3.63, 3.8) is 0 Å². The van der Waals surface area contributed by atoms with Crippen LogP contribution in [0.3, 0.4) is 0 Å². The van der Waals surface area contributed by atoms with Gasteiger partial charge in [0.1, 0.15) is 5.82 Å². The lowest BCUT2D eigenvalue weighted by Gasteiger charge is -2.19. The summed E-state index contributed by atoms with van der Waals surface area (Å²) in [5.74, 6) is 0.182. The summed E-state index contributed by atoms with van der Waals surface area (Å²) < 4.78 is 13.2. The Morgan fingerprint density at radius 1 is 1.00 bits per heavy atom. The Balaban J connectivity index is 2.30. The quantitative estimate of drug-likeness (QED) is 0.678. The monoisotopic (exact) mass is 299 g/mol. The Morgan fingerprint density at radius 2 is 1.73 bits per heavy atom. The highest BCUT2D eigenvalue weighted by atomic mass is 19.1. The highest BCUT2D eigenvalue weighted by molar-refractivity contribution is 5.35. The van der Waals surface area contributed by atoms with Gasteiger partial charge in [0.2, 0.25) is 0 Å². The Bertz CT molecular complexity index is 575. The van der Waals surface area contributed by atoms with Crippen LogP contribution in [0.2, 0.25) is 0 Å². The van der Waals surface area contributed by atoms with Crippen LogP contribution >= 0.6 is 0 Å². The second-order valence-corrected chi connectivity index (χ2v) is 6.23. The van der Waals surface area contributed by atoms with Crippen molar-refractivity contribution in [2.75, 3.05) is 14.1 Å². The largest absolute Gasteiger partial charge is 0.305 e. The molecule has 1 atom stereocenters. The van der Waals surface area contributed by atoms with Gasteiger partial charge in [-0.15, -0.1) is 0 Å². The second kappa shape index (κ2) is 8.09. The fourth-order valence-electron chi connectivity index (χ4n) is 2.90. The molecule has 2 aromatic rings. The van der Waals surface area contributed by atoms with Gasteiger partial charge < -0.3 is 4.90 Å². The zero-order valence-electron chi connectivity index (χ0n) is 13.8. The zero-order valence-corrected chi connectivity index (χ0v) is 13.8. The maximum absolute atomic E-state index is 13.2. The van der Waals surface area contributed by atoms with Gasteiger partial charge in [0.25, 0.3) is 0 Å². The molecule has 1 nitrogen and oxygen atoms in total. The van der Waals surface area contributed by atoms with Gasteiger partial charge in [-0.25, -0.2) is 4.39 Å². The molecular formula is C20H26FN. The zero-order chi connectivity index (χ0) is 15.9. The maximum Gasteiger partial charge on any atom is 0.123 e. The van der Waals surface area contributed by atoms with E-state index in [2.05, 4.69) is 50.2 Å². The molecule has 2 aromatic carbocycles. The van der Waals surface area contributed by atoms with Gasteiger partial charge in [-0.05, 0) is 49.3 Å². The smallest absolute Gasteiger partial charge is 0.123 e. The number of halogens is 1. The van der Waals surface area contributed by atoms with Crippen LogP contribution in [0.15, 0.2) is 48.5 Å². The van der Waals surface area contributed by atoms with E-state index < -0.39 is 0 Å². The van der Waals surface area contributed by atoms with Crippen molar-refractivity contribution in [3.05, 3.63) is 71.0 Å². The van der Waals surface area contributed by atoms with Crippen molar-refractivity contribution in [1.29, 1.82) is 0 Å². The van der Waals surface area contributed by atoms with E-state index >= 15 is 0 Å². The molecule has 0 aromatic heterocycles. The highest BCUT2D eigenvalue weighted by Crippen LogP contribution is 2.30. The molecule has 0 saturated heterocycles. The van der Waals surface area contributed by atoms with Crippen LogP contribution in [0, 0.1) is 5.82 Å². The van der Waals surface area contributed by atoms with Crippen molar-refractivity contribution < 1.29 is 4.39 Å². The standard InChI is InChI=1S/C20H26FN/c1-4-5-9-20(17-10-12-19(21)13-11-17)18-8-6-7-16(14-18)15-22(2)3/h6-8,10-14,20H,4-5,9,15H2,1-3H3. The maximum atomic E-state index is 13.2. The number of hydrogen-bond donors (Lipinski definition) is 0. The van der Waals surface area contributed by atoms with Crippen LogP contribution in [-0.4, -0.2) is 19.0 Å². The van der Waals surface area contributed by atoms with E-state index in [4.69, 9.17) is 0 Å².